The second kappa shape index (κ2) is 5.75. The summed E-state index contributed by atoms with van der Waals surface area (Å²) >= 11 is 1.72. The number of aryl methyl sites for hydroxylation is 2. The van der Waals surface area contributed by atoms with Crippen molar-refractivity contribution in [1.82, 2.24) is 9.88 Å². The van der Waals surface area contributed by atoms with E-state index in [0.717, 1.165) is 30.9 Å². The van der Waals surface area contributed by atoms with E-state index in [2.05, 4.69) is 17.1 Å². The molecule has 2 heterocycles. The molecule has 0 radical (unpaired) electrons. The maximum atomic E-state index is 12.3. The van der Waals surface area contributed by atoms with Gasteiger partial charge in [0.15, 0.2) is 0 Å². The van der Waals surface area contributed by atoms with Crippen LogP contribution in [0.2, 0.25) is 0 Å². The lowest BCUT2D eigenvalue weighted by Crippen LogP contribution is -2.35. The van der Waals surface area contributed by atoms with E-state index in [9.17, 15) is 4.79 Å². The molecule has 0 atom stereocenters. The molecular formula is C16H18N2OS. The molecule has 0 unspecified atom stereocenters. The number of benzene rings is 1. The molecule has 1 aliphatic heterocycles. The molecule has 0 aliphatic carbocycles. The molecular weight excluding hydrogens is 268 g/mol. The number of amides is 1. The maximum absolute atomic E-state index is 12.3. The van der Waals surface area contributed by atoms with E-state index in [1.807, 2.05) is 30.0 Å². The monoisotopic (exact) mass is 286 g/mol. The van der Waals surface area contributed by atoms with E-state index < -0.39 is 0 Å². The van der Waals surface area contributed by atoms with Crippen molar-refractivity contribution in [3.8, 4) is 0 Å². The first-order chi connectivity index (χ1) is 9.72. The molecule has 3 rings (SSSR count). The number of hydrogen-bond donors (Lipinski definition) is 0. The molecule has 0 bridgehead atoms. The van der Waals surface area contributed by atoms with Crippen molar-refractivity contribution in [3.63, 3.8) is 0 Å². The van der Waals surface area contributed by atoms with Gasteiger partial charge in [-0.05, 0) is 18.9 Å². The average Bonchev–Trinajstić information content (AvgIpc) is 2.85. The third-order valence-electron chi connectivity index (χ3n) is 3.66. The average molecular weight is 286 g/mol. The highest BCUT2D eigenvalue weighted by atomic mass is 32.1. The Balaban J connectivity index is 1.59. The molecule has 104 valence electrons. The number of thiazole rings is 1. The number of rotatable bonds is 3. The molecule has 3 nitrogen and oxygen atoms in total. The van der Waals surface area contributed by atoms with Gasteiger partial charge < -0.3 is 4.90 Å². The van der Waals surface area contributed by atoms with Gasteiger partial charge in [-0.1, -0.05) is 30.3 Å². The molecule has 1 aromatic carbocycles. The van der Waals surface area contributed by atoms with Crippen LogP contribution in [0.4, 0.5) is 0 Å². The Morgan fingerprint density at radius 3 is 2.95 bits per heavy atom. The second-order valence-electron chi connectivity index (χ2n) is 5.15. The number of hydrogen-bond acceptors (Lipinski definition) is 3. The minimum atomic E-state index is 0.255. The van der Waals surface area contributed by atoms with Crippen LogP contribution in [0.25, 0.3) is 0 Å². The van der Waals surface area contributed by atoms with E-state index in [1.54, 1.807) is 11.3 Å². The van der Waals surface area contributed by atoms with Crippen molar-refractivity contribution in [2.75, 3.05) is 6.54 Å². The van der Waals surface area contributed by atoms with E-state index >= 15 is 0 Å². The van der Waals surface area contributed by atoms with Gasteiger partial charge in [0.25, 0.3) is 0 Å². The van der Waals surface area contributed by atoms with E-state index in [4.69, 9.17) is 0 Å². The maximum Gasteiger partial charge on any atom is 0.223 e. The normalized spacial score (nSPS) is 14.2. The number of carbonyl (C=O) groups is 1. The van der Waals surface area contributed by atoms with Gasteiger partial charge in [-0.3, -0.25) is 4.79 Å². The molecule has 1 aliphatic rings. The fourth-order valence-electron chi connectivity index (χ4n) is 2.59. The van der Waals surface area contributed by atoms with Crippen LogP contribution in [-0.2, 0) is 24.2 Å². The molecule has 20 heavy (non-hydrogen) atoms. The first-order valence-corrected chi connectivity index (χ1v) is 7.81. The van der Waals surface area contributed by atoms with E-state index in [1.165, 1.54) is 16.1 Å². The van der Waals surface area contributed by atoms with Crippen LogP contribution in [0.5, 0.6) is 0 Å². The van der Waals surface area contributed by atoms with E-state index in [-0.39, 0.29) is 5.91 Å². The van der Waals surface area contributed by atoms with Crippen molar-refractivity contribution >= 4 is 17.2 Å². The molecule has 2 aromatic rings. The molecule has 0 saturated heterocycles. The van der Waals surface area contributed by atoms with Gasteiger partial charge >= 0.3 is 0 Å². The SMILES string of the molecule is Cc1nc2c(s1)CN(C(=O)CCc1ccccc1)CC2. The summed E-state index contributed by atoms with van der Waals surface area (Å²) < 4.78 is 0. The molecule has 0 fully saturated rings. The van der Waals surface area contributed by atoms with Gasteiger partial charge in [0.2, 0.25) is 5.91 Å². The van der Waals surface area contributed by atoms with Crippen LogP contribution in [-0.4, -0.2) is 22.3 Å². The number of fused-ring (bicyclic) bond motifs is 1. The Labute approximate surface area is 123 Å². The summed E-state index contributed by atoms with van der Waals surface area (Å²) in [7, 11) is 0. The largest absolute Gasteiger partial charge is 0.337 e. The third-order valence-corrected chi connectivity index (χ3v) is 4.66. The first-order valence-electron chi connectivity index (χ1n) is 6.99. The zero-order valence-corrected chi connectivity index (χ0v) is 12.4. The highest BCUT2D eigenvalue weighted by Crippen LogP contribution is 2.25. The Morgan fingerprint density at radius 2 is 2.15 bits per heavy atom. The Kier molecular flexibility index (Phi) is 3.83. The Morgan fingerprint density at radius 1 is 1.35 bits per heavy atom. The summed E-state index contributed by atoms with van der Waals surface area (Å²) in [5.41, 5.74) is 2.42. The topological polar surface area (TPSA) is 33.2 Å². The summed E-state index contributed by atoms with van der Waals surface area (Å²) in [6.45, 7) is 3.59. The zero-order valence-electron chi connectivity index (χ0n) is 11.6. The second-order valence-corrected chi connectivity index (χ2v) is 6.44. The smallest absolute Gasteiger partial charge is 0.223 e. The lowest BCUT2D eigenvalue weighted by molar-refractivity contribution is -0.132. The van der Waals surface area contributed by atoms with Crippen molar-refractivity contribution in [3.05, 3.63) is 51.5 Å². The molecule has 4 heteroatoms. The quantitative estimate of drug-likeness (QED) is 0.869. The highest BCUT2D eigenvalue weighted by molar-refractivity contribution is 7.11. The molecule has 1 amide bonds. The predicted molar refractivity (Wildman–Crippen MR) is 80.7 cm³/mol. The summed E-state index contributed by atoms with van der Waals surface area (Å²) in [6, 6.07) is 10.2. The fraction of sp³-hybridized carbons (Fsp3) is 0.375. The van der Waals surface area contributed by atoms with Crippen molar-refractivity contribution in [1.29, 1.82) is 0 Å². The number of nitrogens with zero attached hydrogens (tertiary/aromatic N) is 2. The molecule has 0 spiro atoms. The molecule has 1 aromatic heterocycles. The van der Waals surface area contributed by atoms with Gasteiger partial charge in [-0.25, -0.2) is 4.98 Å². The van der Waals surface area contributed by atoms with Gasteiger partial charge in [0, 0.05) is 24.3 Å². The van der Waals surface area contributed by atoms with Gasteiger partial charge in [0.1, 0.15) is 0 Å². The standard InChI is InChI=1S/C16H18N2OS/c1-12-17-14-9-10-18(11-15(14)20-12)16(19)8-7-13-5-3-2-4-6-13/h2-6H,7-11H2,1H3. The summed E-state index contributed by atoms with van der Waals surface area (Å²) in [4.78, 5) is 20.1. The van der Waals surface area contributed by atoms with Crippen molar-refractivity contribution < 1.29 is 4.79 Å². The van der Waals surface area contributed by atoms with Crippen LogP contribution < -0.4 is 0 Å². The summed E-state index contributed by atoms with van der Waals surface area (Å²) in [6.07, 6.45) is 2.32. The molecule has 0 N–H and O–H groups in total. The Hall–Kier alpha value is -1.68. The molecule has 0 saturated carbocycles. The minimum Gasteiger partial charge on any atom is -0.337 e. The van der Waals surface area contributed by atoms with Crippen LogP contribution in [0.3, 0.4) is 0 Å². The predicted octanol–water partition coefficient (Wildman–Crippen LogP) is 2.97. The van der Waals surface area contributed by atoms with E-state index in [0.29, 0.717) is 6.42 Å². The summed E-state index contributed by atoms with van der Waals surface area (Å²) in [5, 5.41) is 1.11. The fourth-order valence-corrected chi connectivity index (χ4v) is 3.59. The van der Waals surface area contributed by atoms with Crippen molar-refractivity contribution in [2.45, 2.75) is 32.7 Å². The number of carbonyl (C=O) groups excluding carboxylic acids is 1. The lowest BCUT2D eigenvalue weighted by atomic mass is 10.1. The van der Waals surface area contributed by atoms with Gasteiger partial charge in [-0.15, -0.1) is 11.3 Å². The van der Waals surface area contributed by atoms with Gasteiger partial charge in [0.05, 0.1) is 17.2 Å². The van der Waals surface area contributed by atoms with Crippen LogP contribution >= 0.6 is 11.3 Å². The summed E-state index contributed by atoms with van der Waals surface area (Å²) in [5.74, 6) is 0.255. The highest BCUT2D eigenvalue weighted by Gasteiger charge is 2.22. The minimum absolute atomic E-state index is 0.255. The zero-order chi connectivity index (χ0) is 13.9. The first kappa shape index (κ1) is 13.3. The Bertz CT molecular complexity index is 606. The van der Waals surface area contributed by atoms with Crippen molar-refractivity contribution in [2.24, 2.45) is 0 Å². The van der Waals surface area contributed by atoms with Crippen LogP contribution in [0, 0.1) is 6.92 Å². The van der Waals surface area contributed by atoms with Crippen LogP contribution in [0.15, 0.2) is 30.3 Å². The third kappa shape index (κ3) is 2.90. The van der Waals surface area contributed by atoms with Crippen LogP contribution in [0.1, 0.15) is 27.6 Å². The number of aromatic nitrogens is 1. The lowest BCUT2D eigenvalue weighted by Gasteiger charge is -2.26. The van der Waals surface area contributed by atoms with Gasteiger partial charge in [-0.2, -0.15) is 0 Å².